The number of methoxy groups -OCH3 is 1. The van der Waals surface area contributed by atoms with Crippen LogP contribution in [0.3, 0.4) is 0 Å². The fourth-order valence-corrected chi connectivity index (χ4v) is 0.954. The van der Waals surface area contributed by atoms with E-state index in [9.17, 15) is 4.79 Å². The van der Waals surface area contributed by atoms with E-state index in [1.54, 1.807) is 12.1 Å². The molecule has 0 saturated carbocycles. The Morgan fingerprint density at radius 1 is 1.54 bits per heavy atom. The van der Waals surface area contributed by atoms with E-state index in [0.717, 1.165) is 0 Å². The standard InChI is InChI=1S/C9H10O4/c1-13-7-4-2-3-6(5-7)8(10)9(11)12/h2-5,8,10H,1H3,(H,11,12)/t8-/m1/s1. The van der Waals surface area contributed by atoms with Crippen molar-refractivity contribution >= 4 is 5.97 Å². The highest BCUT2D eigenvalue weighted by Crippen LogP contribution is 2.18. The Bertz CT molecular complexity index is 308. The molecule has 0 saturated heterocycles. The van der Waals surface area contributed by atoms with Gasteiger partial charge in [0.2, 0.25) is 0 Å². The first-order chi connectivity index (χ1) is 6.15. The molecule has 4 heteroatoms. The van der Waals surface area contributed by atoms with Crippen LogP contribution >= 0.6 is 0 Å². The van der Waals surface area contributed by atoms with Crippen molar-refractivity contribution in [1.29, 1.82) is 0 Å². The number of carboxylic acids is 1. The monoisotopic (exact) mass is 182 g/mol. The second kappa shape index (κ2) is 3.91. The van der Waals surface area contributed by atoms with Gasteiger partial charge in [0, 0.05) is 0 Å². The highest BCUT2D eigenvalue weighted by Gasteiger charge is 2.15. The molecule has 0 aliphatic carbocycles. The average Bonchev–Trinajstić information content (AvgIpc) is 2.16. The van der Waals surface area contributed by atoms with Gasteiger partial charge in [0.15, 0.2) is 6.10 Å². The van der Waals surface area contributed by atoms with E-state index in [2.05, 4.69) is 0 Å². The molecule has 0 heterocycles. The molecule has 1 atom stereocenters. The van der Waals surface area contributed by atoms with Gasteiger partial charge in [-0.2, -0.15) is 0 Å². The first-order valence-corrected chi connectivity index (χ1v) is 3.70. The molecule has 0 aliphatic rings. The average molecular weight is 182 g/mol. The molecule has 0 radical (unpaired) electrons. The predicted molar refractivity (Wildman–Crippen MR) is 45.6 cm³/mol. The second-order valence-corrected chi connectivity index (χ2v) is 2.52. The van der Waals surface area contributed by atoms with Crippen molar-refractivity contribution in [3.8, 4) is 5.75 Å². The van der Waals surface area contributed by atoms with Crippen molar-refractivity contribution in [2.24, 2.45) is 0 Å². The van der Waals surface area contributed by atoms with Gasteiger partial charge in [-0.05, 0) is 17.7 Å². The number of benzene rings is 1. The number of hydrogen-bond donors (Lipinski definition) is 2. The lowest BCUT2D eigenvalue weighted by Crippen LogP contribution is -2.10. The minimum absolute atomic E-state index is 0.312. The Balaban J connectivity index is 2.94. The number of aliphatic hydroxyl groups is 1. The van der Waals surface area contributed by atoms with E-state index in [1.807, 2.05) is 0 Å². The first kappa shape index (κ1) is 9.54. The van der Waals surface area contributed by atoms with Crippen LogP contribution in [0.1, 0.15) is 11.7 Å². The lowest BCUT2D eigenvalue weighted by molar-refractivity contribution is -0.146. The predicted octanol–water partition coefficient (Wildman–Crippen LogP) is 0.813. The second-order valence-electron chi connectivity index (χ2n) is 2.52. The molecule has 1 aromatic carbocycles. The van der Waals surface area contributed by atoms with Gasteiger partial charge in [-0.3, -0.25) is 0 Å². The van der Waals surface area contributed by atoms with Crippen LogP contribution in [0.25, 0.3) is 0 Å². The molecule has 70 valence electrons. The zero-order chi connectivity index (χ0) is 9.84. The van der Waals surface area contributed by atoms with Gasteiger partial charge < -0.3 is 14.9 Å². The number of aliphatic carboxylic acids is 1. The molecule has 0 unspecified atom stereocenters. The molecular weight excluding hydrogens is 172 g/mol. The lowest BCUT2D eigenvalue weighted by Gasteiger charge is -2.06. The number of rotatable bonds is 3. The third kappa shape index (κ3) is 2.19. The van der Waals surface area contributed by atoms with Gasteiger partial charge >= 0.3 is 5.97 Å². The summed E-state index contributed by atoms with van der Waals surface area (Å²) in [7, 11) is 1.48. The van der Waals surface area contributed by atoms with Gasteiger partial charge in [0.1, 0.15) is 5.75 Å². The van der Waals surface area contributed by atoms with Crippen LogP contribution in [-0.2, 0) is 4.79 Å². The molecule has 2 N–H and O–H groups in total. The summed E-state index contributed by atoms with van der Waals surface area (Å²) in [5, 5.41) is 17.7. The molecule has 13 heavy (non-hydrogen) atoms. The largest absolute Gasteiger partial charge is 0.497 e. The lowest BCUT2D eigenvalue weighted by atomic mass is 10.1. The van der Waals surface area contributed by atoms with Crippen LogP contribution in [0.5, 0.6) is 5.75 Å². The van der Waals surface area contributed by atoms with Crippen LogP contribution in [0.15, 0.2) is 24.3 Å². The number of aliphatic hydroxyl groups excluding tert-OH is 1. The third-order valence-electron chi connectivity index (χ3n) is 1.64. The van der Waals surface area contributed by atoms with Crippen molar-refractivity contribution in [3.05, 3.63) is 29.8 Å². The Kier molecular flexibility index (Phi) is 2.87. The SMILES string of the molecule is COc1cccc([C@@H](O)C(=O)O)c1. The summed E-state index contributed by atoms with van der Waals surface area (Å²) in [6, 6.07) is 6.32. The van der Waals surface area contributed by atoms with Crippen molar-refractivity contribution in [2.45, 2.75) is 6.10 Å². The normalized spacial score (nSPS) is 12.2. The van der Waals surface area contributed by atoms with E-state index in [-0.39, 0.29) is 0 Å². The summed E-state index contributed by atoms with van der Waals surface area (Å²) >= 11 is 0. The molecule has 1 aromatic rings. The maximum Gasteiger partial charge on any atom is 0.337 e. The van der Waals surface area contributed by atoms with Crippen LogP contribution in [-0.4, -0.2) is 23.3 Å². The van der Waals surface area contributed by atoms with E-state index in [4.69, 9.17) is 14.9 Å². The molecular formula is C9H10O4. The number of carbonyl (C=O) groups is 1. The Hall–Kier alpha value is -1.55. The van der Waals surface area contributed by atoms with Crippen LogP contribution in [0, 0.1) is 0 Å². The Labute approximate surface area is 75.4 Å². The van der Waals surface area contributed by atoms with Crippen molar-refractivity contribution in [3.63, 3.8) is 0 Å². The minimum Gasteiger partial charge on any atom is -0.497 e. The summed E-state index contributed by atoms with van der Waals surface area (Å²) in [5.41, 5.74) is 0.312. The fourth-order valence-electron chi connectivity index (χ4n) is 0.954. The third-order valence-corrected chi connectivity index (χ3v) is 1.64. The van der Waals surface area contributed by atoms with Crippen LogP contribution < -0.4 is 4.74 Å². The topological polar surface area (TPSA) is 66.8 Å². The highest BCUT2D eigenvalue weighted by molar-refractivity contribution is 5.74. The van der Waals surface area contributed by atoms with Gasteiger partial charge in [0.25, 0.3) is 0 Å². The number of hydrogen-bond acceptors (Lipinski definition) is 3. The molecule has 4 nitrogen and oxygen atoms in total. The van der Waals surface area contributed by atoms with Crippen molar-refractivity contribution < 1.29 is 19.7 Å². The first-order valence-electron chi connectivity index (χ1n) is 3.70. The van der Waals surface area contributed by atoms with E-state index in [1.165, 1.54) is 19.2 Å². The summed E-state index contributed by atoms with van der Waals surface area (Å²) < 4.78 is 4.88. The maximum atomic E-state index is 10.4. The quantitative estimate of drug-likeness (QED) is 0.726. The Morgan fingerprint density at radius 2 is 2.23 bits per heavy atom. The molecule has 0 fully saturated rings. The molecule has 0 aliphatic heterocycles. The van der Waals surface area contributed by atoms with E-state index >= 15 is 0 Å². The molecule has 0 spiro atoms. The zero-order valence-corrected chi connectivity index (χ0v) is 7.10. The van der Waals surface area contributed by atoms with E-state index in [0.29, 0.717) is 11.3 Å². The van der Waals surface area contributed by atoms with Gasteiger partial charge in [-0.25, -0.2) is 4.79 Å². The van der Waals surface area contributed by atoms with Crippen molar-refractivity contribution in [1.82, 2.24) is 0 Å². The maximum absolute atomic E-state index is 10.4. The molecule has 0 aromatic heterocycles. The van der Waals surface area contributed by atoms with Crippen LogP contribution in [0.2, 0.25) is 0 Å². The van der Waals surface area contributed by atoms with Gasteiger partial charge in [-0.15, -0.1) is 0 Å². The van der Waals surface area contributed by atoms with Gasteiger partial charge in [0.05, 0.1) is 7.11 Å². The minimum atomic E-state index is -1.49. The summed E-state index contributed by atoms with van der Waals surface area (Å²) in [4.78, 5) is 10.4. The zero-order valence-electron chi connectivity index (χ0n) is 7.10. The molecule has 1 rings (SSSR count). The summed E-state index contributed by atoms with van der Waals surface area (Å²) in [6.07, 6.45) is -1.49. The molecule has 0 amide bonds. The number of ether oxygens (including phenoxy) is 1. The van der Waals surface area contributed by atoms with Gasteiger partial charge in [-0.1, -0.05) is 12.1 Å². The number of carboxylic acid groups (broad SMARTS) is 1. The van der Waals surface area contributed by atoms with Crippen LogP contribution in [0.4, 0.5) is 0 Å². The van der Waals surface area contributed by atoms with E-state index < -0.39 is 12.1 Å². The summed E-state index contributed by atoms with van der Waals surface area (Å²) in [6.45, 7) is 0. The Morgan fingerprint density at radius 3 is 2.77 bits per heavy atom. The highest BCUT2D eigenvalue weighted by atomic mass is 16.5. The fraction of sp³-hybridized carbons (Fsp3) is 0.222. The molecule has 0 bridgehead atoms. The summed E-state index contributed by atoms with van der Waals surface area (Å²) in [5.74, 6) is -0.744. The smallest absolute Gasteiger partial charge is 0.337 e. The van der Waals surface area contributed by atoms with Crippen molar-refractivity contribution in [2.75, 3.05) is 7.11 Å².